The number of aromatic nitrogens is 4. The van der Waals surface area contributed by atoms with Gasteiger partial charge in [-0.05, 0) is 25.8 Å². The van der Waals surface area contributed by atoms with Gasteiger partial charge in [0.2, 0.25) is 5.95 Å². The van der Waals surface area contributed by atoms with Crippen LogP contribution in [-0.4, -0.2) is 26.1 Å². The zero-order valence-corrected chi connectivity index (χ0v) is 12.7. The number of nitrogen functional groups attached to an aromatic ring is 1. The van der Waals surface area contributed by atoms with Crippen LogP contribution in [0.25, 0.3) is 0 Å². The molecule has 0 aromatic carbocycles. The quantitative estimate of drug-likeness (QED) is 0.788. The highest BCUT2D eigenvalue weighted by Gasteiger charge is 2.14. The lowest BCUT2D eigenvalue weighted by molar-refractivity contribution is 0.0945. The molecule has 7 heteroatoms. The van der Waals surface area contributed by atoms with Crippen LogP contribution in [0, 0.1) is 13.8 Å². The highest BCUT2D eigenvalue weighted by molar-refractivity contribution is 5.92. The van der Waals surface area contributed by atoms with Crippen molar-refractivity contribution in [2.24, 2.45) is 0 Å². The van der Waals surface area contributed by atoms with Crippen molar-refractivity contribution in [1.29, 1.82) is 0 Å². The first-order chi connectivity index (χ1) is 9.88. The summed E-state index contributed by atoms with van der Waals surface area (Å²) in [4.78, 5) is 20.3. The predicted molar refractivity (Wildman–Crippen MR) is 79.8 cm³/mol. The standard InChI is InChI=1S/C14H20N6O/c1-7(2)11-5-12(18-14(15)17-11)13(21)16-6-10-8(3)19-20-9(10)4/h5,7H,6H2,1-4H3,(H,16,21)(H,19,20)(H2,15,17,18). The van der Waals surface area contributed by atoms with Gasteiger partial charge >= 0.3 is 0 Å². The number of aryl methyl sites for hydroxylation is 2. The van der Waals surface area contributed by atoms with E-state index in [9.17, 15) is 4.79 Å². The number of nitrogens with one attached hydrogen (secondary N) is 2. The molecule has 0 radical (unpaired) electrons. The summed E-state index contributed by atoms with van der Waals surface area (Å²) in [6.45, 7) is 8.18. The van der Waals surface area contributed by atoms with Crippen LogP contribution in [0.5, 0.6) is 0 Å². The van der Waals surface area contributed by atoms with Gasteiger partial charge in [0.1, 0.15) is 5.69 Å². The van der Waals surface area contributed by atoms with E-state index >= 15 is 0 Å². The zero-order valence-electron chi connectivity index (χ0n) is 12.7. The van der Waals surface area contributed by atoms with E-state index in [1.54, 1.807) is 6.07 Å². The second kappa shape index (κ2) is 5.90. The molecule has 2 rings (SSSR count). The number of nitrogens with two attached hydrogens (primary N) is 1. The lowest BCUT2D eigenvalue weighted by Crippen LogP contribution is -2.25. The fourth-order valence-electron chi connectivity index (χ4n) is 1.99. The lowest BCUT2D eigenvalue weighted by Gasteiger charge is -2.09. The summed E-state index contributed by atoms with van der Waals surface area (Å²) in [7, 11) is 0. The Kier molecular flexibility index (Phi) is 4.21. The Labute approximate surface area is 123 Å². The van der Waals surface area contributed by atoms with Crippen molar-refractivity contribution in [2.45, 2.75) is 40.2 Å². The molecule has 0 spiro atoms. The summed E-state index contributed by atoms with van der Waals surface area (Å²) in [5, 5.41) is 9.81. The first-order valence-corrected chi connectivity index (χ1v) is 6.81. The smallest absolute Gasteiger partial charge is 0.270 e. The van der Waals surface area contributed by atoms with E-state index in [1.165, 1.54) is 0 Å². The molecule has 0 unspecified atom stereocenters. The minimum atomic E-state index is -0.272. The molecule has 0 aliphatic heterocycles. The largest absolute Gasteiger partial charge is 0.368 e. The van der Waals surface area contributed by atoms with E-state index in [-0.39, 0.29) is 23.5 Å². The minimum absolute atomic E-state index is 0.113. The van der Waals surface area contributed by atoms with Gasteiger partial charge in [-0.3, -0.25) is 9.89 Å². The van der Waals surface area contributed by atoms with Crippen LogP contribution in [0.2, 0.25) is 0 Å². The summed E-state index contributed by atoms with van der Waals surface area (Å²) in [5.41, 5.74) is 9.49. The lowest BCUT2D eigenvalue weighted by atomic mass is 10.1. The molecule has 4 N–H and O–H groups in total. The van der Waals surface area contributed by atoms with Gasteiger partial charge in [-0.15, -0.1) is 0 Å². The number of hydrogen-bond donors (Lipinski definition) is 3. The first kappa shape index (κ1) is 15.0. The number of aromatic amines is 1. The number of hydrogen-bond acceptors (Lipinski definition) is 5. The van der Waals surface area contributed by atoms with Crippen LogP contribution in [0.4, 0.5) is 5.95 Å². The number of nitrogens with zero attached hydrogens (tertiary/aromatic N) is 3. The SMILES string of the molecule is Cc1n[nH]c(C)c1CNC(=O)c1cc(C(C)C)nc(N)n1. The Morgan fingerprint density at radius 3 is 2.67 bits per heavy atom. The van der Waals surface area contributed by atoms with Crippen LogP contribution in [0.15, 0.2) is 6.07 Å². The highest BCUT2D eigenvalue weighted by atomic mass is 16.1. The first-order valence-electron chi connectivity index (χ1n) is 6.81. The molecule has 7 nitrogen and oxygen atoms in total. The molecule has 0 saturated carbocycles. The van der Waals surface area contributed by atoms with Crippen LogP contribution in [0.3, 0.4) is 0 Å². The molecule has 0 bridgehead atoms. The molecular weight excluding hydrogens is 268 g/mol. The molecule has 0 atom stereocenters. The van der Waals surface area contributed by atoms with Crippen LogP contribution in [0.1, 0.15) is 52.9 Å². The molecule has 2 aromatic rings. The molecule has 0 fully saturated rings. The van der Waals surface area contributed by atoms with Gasteiger partial charge in [0.15, 0.2) is 0 Å². The normalized spacial score (nSPS) is 10.9. The van der Waals surface area contributed by atoms with Gasteiger partial charge in [0.25, 0.3) is 5.91 Å². The molecule has 0 aliphatic carbocycles. The maximum absolute atomic E-state index is 12.2. The topological polar surface area (TPSA) is 110 Å². The van der Waals surface area contributed by atoms with Gasteiger partial charge in [0.05, 0.1) is 5.69 Å². The zero-order chi connectivity index (χ0) is 15.6. The van der Waals surface area contributed by atoms with Crippen LogP contribution < -0.4 is 11.1 Å². The Bertz CT molecular complexity index is 642. The fourth-order valence-corrected chi connectivity index (χ4v) is 1.99. The Morgan fingerprint density at radius 2 is 2.10 bits per heavy atom. The van der Waals surface area contributed by atoms with Crippen molar-refractivity contribution < 1.29 is 4.79 Å². The molecule has 112 valence electrons. The molecule has 0 saturated heterocycles. The van der Waals surface area contributed by atoms with E-state index in [0.717, 1.165) is 22.6 Å². The molecule has 2 aromatic heterocycles. The van der Waals surface area contributed by atoms with E-state index in [1.807, 2.05) is 27.7 Å². The second-order valence-corrected chi connectivity index (χ2v) is 5.29. The van der Waals surface area contributed by atoms with E-state index in [2.05, 4.69) is 25.5 Å². The summed E-state index contributed by atoms with van der Waals surface area (Å²) >= 11 is 0. The van der Waals surface area contributed by atoms with Crippen molar-refractivity contribution in [3.05, 3.63) is 34.4 Å². The van der Waals surface area contributed by atoms with E-state index in [0.29, 0.717) is 6.54 Å². The molecular formula is C14H20N6O. The summed E-state index contributed by atoms with van der Waals surface area (Å²) < 4.78 is 0. The average molecular weight is 288 g/mol. The van der Waals surface area contributed by atoms with Crippen molar-refractivity contribution in [1.82, 2.24) is 25.5 Å². The van der Waals surface area contributed by atoms with Crippen molar-refractivity contribution in [3.8, 4) is 0 Å². The third-order valence-electron chi connectivity index (χ3n) is 3.29. The summed E-state index contributed by atoms with van der Waals surface area (Å²) in [6.07, 6.45) is 0. The maximum atomic E-state index is 12.2. The number of carbonyl (C=O) groups is 1. The fraction of sp³-hybridized carbons (Fsp3) is 0.429. The van der Waals surface area contributed by atoms with Crippen LogP contribution >= 0.6 is 0 Å². The van der Waals surface area contributed by atoms with Crippen LogP contribution in [-0.2, 0) is 6.54 Å². The van der Waals surface area contributed by atoms with Gasteiger partial charge in [-0.2, -0.15) is 5.10 Å². The third-order valence-corrected chi connectivity index (χ3v) is 3.29. The van der Waals surface area contributed by atoms with Gasteiger partial charge in [-0.1, -0.05) is 13.8 Å². The Hall–Kier alpha value is -2.44. The summed E-state index contributed by atoms with van der Waals surface area (Å²) in [6, 6.07) is 1.67. The molecule has 2 heterocycles. The van der Waals surface area contributed by atoms with Gasteiger partial charge in [0, 0.05) is 23.5 Å². The number of anilines is 1. The van der Waals surface area contributed by atoms with Crippen molar-refractivity contribution in [2.75, 3.05) is 5.73 Å². The Balaban J connectivity index is 2.14. The Morgan fingerprint density at radius 1 is 1.38 bits per heavy atom. The maximum Gasteiger partial charge on any atom is 0.270 e. The number of carbonyl (C=O) groups excluding carboxylic acids is 1. The van der Waals surface area contributed by atoms with Crippen molar-refractivity contribution in [3.63, 3.8) is 0 Å². The highest BCUT2D eigenvalue weighted by Crippen LogP contribution is 2.14. The number of H-pyrrole nitrogens is 1. The molecule has 0 aliphatic rings. The number of rotatable bonds is 4. The van der Waals surface area contributed by atoms with Gasteiger partial charge < -0.3 is 11.1 Å². The molecule has 21 heavy (non-hydrogen) atoms. The molecule has 1 amide bonds. The monoisotopic (exact) mass is 288 g/mol. The second-order valence-electron chi connectivity index (χ2n) is 5.29. The van der Waals surface area contributed by atoms with E-state index < -0.39 is 0 Å². The van der Waals surface area contributed by atoms with E-state index in [4.69, 9.17) is 5.73 Å². The van der Waals surface area contributed by atoms with Gasteiger partial charge in [-0.25, -0.2) is 9.97 Å². The number of amides is 1. The average Bonchev–Trinajstić information content (AvgIpc) is 2.74. The summed E-state index contributed by atoms with van der Waals surface area (Å²) in [5.74, 6) is 0.0215. The predicted octanol–water partition coefficient (Wildman–Crippen LogP) is 1.45. The minimum Gasteiger partial charge on any atom is -0.368 e. The van der Waals surface area contributed by atoms with Crippen molar-refractivity contribution >= 4 is 11.9 Å². The third kappa shape index (κ3) is 3.36.